The molecule has 23 heavy (non-hydrogen) atoms. The third kappa shape index (κ3) is 5.71. The van der Waals surface area contributed by atoms with Gasteiger partial charge in [0.25, 0.3) is 0 Å². The van der Waals surface area contributed by atoms with Crippen LogP contribution in [0.2, 0.25) is 0 Å². The number of benzene rings is 2. The molecule has 0 fully saturated rings. The molecule has 5 heteroatoms. The van der Waals surface area contributed by atoms with Crippen LogP contribution in [0.25, 0.3) is 0 Å². The minimum Gasteiger partial charge on any atom is -0.491 e. The van der Waals surface area contributed by atoms with E-state index in [4.69, 9.17) is 9.47 Å². The summed E-state index contributed by atoms with van der Waals surface area (Å²) in [5, 5.41) is 2.70. The second kappa shape index (κ2) is 8.90. The van der Waals surface area contributed by atoms with E-state index in [1.165, 1.54) is 6.07 Å². The fraction of sp³-hybridized carbons (Fsp3) is 0.278. The monoisotopic (exact) mass is 317 g/mol. The molecule has 0 saturated heterocycles. The summed E-state index contributed by atoms with van der Waals surface area (Å²) in [5.74, 6) is 0.131. The number of para-hydroxylation sites is 1. The van der Waals surface area contributed by atoms with Crippen LogP contribution in [-0.4, -0.2) is 25.7 Å². The molecular weight excluding hydrogens is 297 g/mol. The molecule has 0 heterocycles. The molecule has 0 aliphatic heterocycles. The van der Waals surface area contributed by atoms with Crippen molar-refractivity contribution in [3.8, 4) is 5.75 Å². The summed E-state index contributed by atoms with van der Waals surface area (Å²) in [6.45, 7) is 2.31. The molecule has 0 spiro atoms. The number of ether oxygens (including phenoxy) is 2. The van der Waals surface area contributed by atoms with Gasteiger partial charge in [0.1, 0.15) is 24.8 Å². The van der Waals surface area contributed by atoms with Gasteiger partial charge in [-0.2, -0.15) is 0 Å². The van der Waals surface area contributed by atoms with Crippen LogP contribution in [0.4, 0.5) is 4.39 Å². The van der Waals surface area contributed by atoms with E-state index in [1.54, 1.807) is 25.1 Å². The Balaban J connectivity index is 1.64. The van der Waals surface area contributed by atoms with Crippen LogP contribution in [0.1, 0.15) is 18.5 Å². The predicted molar refractivity (Wildman–Crippen MR) is 85.7 cm³/mol. The minimum atomic E-state index is -0.409. The zero-order chi connectivity index (χ0) is 16.5. The van der Waals surface area contributed by atoms with Crippen LogP contribution >= 0.6 is 0 Å². The third-order valence-corrected chi connectivity index (χ3v) is 3.22. The van der Waals surface area contributed by atoms with E-state index < -0.39 is 6.04 Å². The fourth-order valence-corrected chi connectivity index (χ4v) is 2.09. The van der Waals surface area contributed by atoms with Gasteiger partial charge in [-0.3, -0.25) is 4.79 Å². The summed E-state index contributed by atoms with van der Waals surface area (Å²) in [5.41, 5.74) is 0.452. The minimum absolute atomic E-state index is 0.0864. The molecule has 1 N–H and O–H groups in total. The van der Waals surface area contributed by atoms with Crippen LogP contribution in [0.3, 0.4) is 0 Å². The highest BCUT2D eigenvalue weighted by atomic mass is 19.1. The van der Waals surface area contributed by atoms with Crippen molar-refractivity contribution in [2.75, 3.05) is 19.8 Å². The number of hydrogen-bond donors (Lipinski definition) is 1. The lowest BCUT2D eigenvalue weighted by Gasteiger charge is -2.15. The zero-order valence-electron chi connectivity index (χ0n) is 13.0. The first-order valence-electron chi connectivity index (χ1n) is 7.46. The van der Waals surface area contributed by atoms with Crippen LogP contribution in [0, 0.1) is 5.82 Å². The molecule has 2 aromatic carbocycles. The Bertz CT molecular complexity index is 619. The smallest absolute Gasteiger partial charge is 0.246 e. The number of carbonyl (C=O) groups is 1. The van der Waals surface area contributed by atoms with Gasteiger partial charge in [0, 0.05) is 5.56 Å². The molecule has 1 atom stereocenters. The zero-order valence-corrected chi connectivity index (χ0v) is 13.0. The normalized spacial score (nSPS) is 11.7. The van der Waals surface area contributed by atoms with Gasteiger partial charge in [0.15, 0.2) is 0 Å². The van der Waals surface area contributed by atoms with Crippen LogP contribution < -0.4 is 10.1 Å². The molecule has 1 unspecified atom stereocenters. The number of nitrogens with one attached hydrogen (secondary N) is 1. The van der Waals surface area contributed by atoms with Crippen molar-refractivity contribution in [2.45, 2.75) is 13.0 Å². The highest BCUT2D eigenvalue weighted by Gasteiger charge is 2.12. The van der Waals surface area contributed by atoms with E-state index in [-0.39, 0.29) is 18.3 Å². The maximum absolute atomic E-state index is 13.6. The summed E-state index contributed by atoms with van der Waals surface area (Å²) in [4.78, 5) is 11.8. The molecule has 2 rings (SSSR count). The van der Waals surface area contributed by atoms with Crippen molar-refractivity contribution < 1.29 is 18.7 Å². The van der Waals surface area contributed by atoms with E-state index >= 15 is 0 Å². The summed E-state index contributed by atoms with van der Waals surface area (Å²) >= 11 is 0. The topological polar surface area (TPSA) is 47.6 Å². The van der Waals surface area contributed by atoms with Gasteiger partial charge in [0.2, 0.25) is 5.91 Å². The molecule has 0 bridgehead atoms. The number of halogens is 1. The number of rotatable bonds is 8. The highest BCUT2D eigenvalue weighted by Crippen LogP contribution is 2.15. The van der Waals surface area contributed by atoms with Crippen molar-refractivity contribution in [3.05, 3.63) is 66.0 Å². The lowest BCUT2D eigenvalue weighted by atomic mass is 10.1. The van der Waals surface area contributed by atoms with Crippen molar-refractivity contribution in [3.63, 3.8) is 0 Å². The average molecular weight is 317 g/mol. The van der Waals surface area contributed by atoms with Crippen molar-refractivity contribution in [2.24, 2.45) is 0 Å². The Morgan fingerprint density at radius 2 is 1.78 bits per heavy atom. The van der Waals surface area contributed by atoms with E-state index in [0.29, 0.717) is 18.8 Å². The van der Waals surface area contributed by atoms with Gasteiger partial charge in [-0.25, -0.2) is 4.39 Å². The molecule has 1 amide bonds. The third-order valence-electron chi connectivity index (χ3n) is 3.22. The van der Waals surface area contributed by atoms with Crippen molar-refractivity contribution >= 4 is 5.91 Å². The van der Waals surface area contributed by atoms with Gasteiger partial charge in [-0.05, 0) is 25.1 Å². The first-order valence-corrected chi connectivity index (χ1v) is 7.46. The Morgan fingerprint density at radius 3 is 2.52 bits per heavy atom. The quantitative estimate of drug-likeness (QED) is 0.761. The molecule has 0 saturated carbocycles. The van der Waals surface area contributed by atoms with E-state index in [1.807, 2.05) is 30.3 Å². The standard InChI is InChI=1S/C18H20FNO3/c1-14(16-9-5-6-10-17(16)19)20-18(21)13-22-11-12-23-15-7-3-2-4-8-15/h2-10,14H,11-13H2,1H3,(H,20,21). The molecule has 4 nitrogen and oxygen atoms in total. The Kier molecular flexibility index (Phi) is 6.56. The van der Waals surface area contributed by atoms with Crippen molar-refractivity contribution in [1.29, 1.82) is 0 Å². The van der Waals surface area contributed by atoms with E-state index in [2.05, 4.69) is 5.32 Å². The van der Waals surface area contributed by atoms with Gasteiger partial charge < -0.3 is 14.8 Å². The maximum atomic E-state index is 13.6. The van der Waals surface area contributed by atoms with Gasteiger partial charge >= 0.3 is 0 Å². The molecule has 0 aromatic heterocycles. The molecule has 0 aliphatic rings. The molecular formula is C18H20FNO3. The Morgan fingerprint density at radius 1 is 1.09 bits per heavy atom. The Hall–Kier alpha value is -2.40. The predicted octanol–water partition coefficient (Wildman–Crippen LogP) is 3.10. The largest absolute Gasteiger partial charge is 0.491 e. The first kappa shape index (κ1) is 17.0. The van der Waals surface area contributed by atoms with Crippen LogP contribution in [0.5, 0.6) is 5.75 Å². The second-order valence-corrected chi connectivity index (χ2v) is 5.02. The molecule has 2 aromatic rings. The average Bonchev–Trinajstić information content (AvgIpc) is 2.56. The second-order valence-electron chi connectivity index (χ2n) is 5.02. The summed E-state index contributed by atoms with van der Waals surface area (Å²) < 4.78 is 24.3. The lowest BCUT2D eigenvalue weighted by Crippen LogP contribution is -2.31. The van der Waals surface area contributed by atoms with Crippen LogP contribution in [0.15, 0.2) is 54.6 Å². The fourth-order valence-electron chi connectivity index (χ4n) is 2.09. The first-order chi connectivity index (χ1) is 11.2. The molecule has 0 aliphatic carbocycles. The summed E-state index contributed by atoms with van der Waals surface area (Å²) in [6, 6.07) is 15.3. The van der Waals surface area contributed by atoms with E-state index in [0.717, 1.165) is 5.75 Å². The highest BCUT2D eigenvalue weighted by molar-refractivity contribution is 5.77. The summed E-state index contributed by atoms with van der Waals surface area (Å²) in [6.07, 6.45) is 0. The lowest BCUT2D eigenvalue weighted by molar-refractivity contribution is -0.126. The van der Waals surface area contributed by atoms with Gasteiger partial charge in [-0.15, -0.1) is 0 Å². The Labute approximate surface area is 135 Å². The van der Waals surface area contributed by atoms with Crippen molar-refractivity contribution in [1.82, 2.24) is 5.32 Å². The number of hydrogen-bond acceptors (Lipinski definition) is 3. The maximum Gasteiger partial charge on any atom is 0.246 e. The van der Waals surface area contributed by atoms with Gasteiger partial charge in [-0.1, -0.05) is 36.4 Å². The number of carbonyl (C=O) groups excluding carboxylic acids is 1. The van der Waals surface area contributed by atoms with Crippen LogP contribution in [-0.2, 0) is 9.53 Å². The van der Waals surface area contributed by atoms with E-state index in [9.17, 15) is 9.18 Å². The molecule has 0 radical (unpaired) electrons. The SMILES string of the molecule is CC(NC(=O)COCCOc1ccccc1)c1ccccc1F. The summed E-state index contributed by atoms with van der Waals surface area (Å²) in [7, 11) is 0. The molecule has 122 valence electrons. The van der Waals surface area contributed by atoms with Gasteiger partial charge in [0.05, 0.1) is 12.6 Å². The number of amides is 1.